The second kappa shape index (κ2) is 6.32. The lowest BCUT2D eigenvalue weighted by atomic mass is 10.1. The summed E-state index contributed by atoms with van der Waals surface area (Å²) in [6.07, 6.45) is 1.05. The first-order chi connectivity index (χ1) is 8.47. The van der Waals surface area contributed by atoms with Crippen molar-refractivity contribution < 1.29 is 9.84 Å². The van der Waals surface area contributed by atoms with Gasteiger partial charge < -0.3 is 20.5 Å². The van der Waals surface area contributed by atoms with Crippen LogP contribution in [0.15, 0.2) is 12.3 Å². The van der Waals surface area contributed by atoms with E-state index in [1.807, 2.05) is 6.92 Å². The highest BCUT2D eigenvalue weighted by Gasteiger charge is 2.16. The molecule has 0 fully saturated rings. The summed E-state index contributed by atoms with van der Waals surface area (Å²) < 4.78 is 4.88. The summed E-state index contributed by atoms with van der Waals surface area (Å²) in [5.74, 6) is 0.571. The standard InChI is InChI=1S/C12H20N4O2/c1-8-4-5-15-12(10(8)11(13)14)16(2)6-9(17)7-18-3/h4-5,9,17H,6-7H2,1-3H3,(H3,13,14). The monoisotopic (exact) mass is 252 g/mol. The lowest BCUT2D eigenvalue weighted by molar-refractivity contribution is 0.0694. The third-order valence-electron chi connectivity index (χ3n) is 2.61. The van der Waals surface area contributed by atoms with Crippen LogP contribution in [0.3, 0.4) is 0 Å². The first-order valence-electron chi connectivity index (χ1n) is 5.65. The maximum absolute atomic E-state index is 9.70. The van der Waals surface area contributed by atoms with Crippen molar-refractivity contribution in [3.63, 3.8) is 0 Å². The number of nitrogens with zero attached hydrogens (tertiary/aromatic N) is 2. The average molecular weight is 252 g/mol. The molecule has 1 heterocycles. The predicted octanol–water partition coefficient (Wildman–Crippen LogP) is 0.118. The first kappa shape index (κ1) is 14.4. The van der Waals surface area contributed by atoms with Crippen LogP contribution in [-0.4, -0.2) is 49.3 Å². The Labute approximate surface area is 107 Å². The van der Waals surface area contributed by atoms with Crippen LogP contribution in [0.2, 0.25) is 0 Å². The number of nitrogen functional groups attached to an aromatic ring is 1. The predicted molar refractivity (Wildman–Crippen MR) is 71.1 cm³/mol. The topological polar surface area (TPSA) is 95.5 Å². The Morgan fingerprint density at radius 1 is 1.67 bits per heavy atom. The number of nitrogens with two attached hydrogens (primary N) is 1. The number of nitrogens with one attached hydrogen (secondary N) is 1. The molecule has 0 amide bonds. The molecule has 6 heteroatoms. The van der Waals surface area contributed by atoms with E-state index < -0.39 is 6.10 Å². The molecule has 100 valence electrons. The van der Waals surface area contributed by atoms with Crippen LogP contribution in [0.4, 0.5) is 5.82 Å². The number of hydrogen-bond donors (Lipinski definition) is 3. The highest BCUT2D eigenvalue weighted by atomic mass is 16.5. The quantitative estimate of drug-likeness (QED) is 0.493. The maximum Gasteiger partial charge on any atom is 0.139 e. The molecule has 0 aliphatic heterocycles. The number of aliphatic hydroxyl groups excluding tert-OH is 1. The third-order valence-corrected chi connectivity index (χ3v) is 2.61. The minimum Gasteiger partial charge on any atom is -0.389 e. The van der Waals surface area contributed by atoms with Gasteiger partial charge in [0.1, 0.15) is 11.7 Å². The van der Waals surface area contributed by atoms with E-state index in [4.69, 9.17) is 15.9 Å². The molecular formula is C12H20N4O2. The fraction of sp³-hybridized carbons (Fsp3) is 0.500. The zero-order chi connectivity index (χ0) is 13.7. The Morgan fingerprint density at radius 3 is 2.89 bits per heavy atom. The maximum atomic E-state index is 9.70. The SMILES string of the molecule is COCC(O)CN(C)c1nccc(C)c1C(=N)N. The van der Waals surface area contributed by atoms with Gasteiger partial charge in [-0.2, -0.15) is 0 Å². The Balaban J connectivity index is 2.95. The number of ether oxygens (including phenoxy) is 1. The zero-order valence-corrected chi connectivity index (χ0v) is 11.0. The van der Waals surface area contributed by atoms with E-state index in [-0.39, 0.29) is 12.4 Å². The zero-order valence-electron chi connectivity index (χ0n) is 11.0. The number of rotatable bonds is 6. The molecule has 4 N–H and O–H groups in total. The van der Waals surface area contributed by atoms with Gasteiger partial charge in [-0.05, 0) is 18.6 Å². The summed E-state index contributed by atoms with van der Waals surface area (Å²) in [6.45, 7) is 2.50. The van der Waals surface area contributed by atoms with Gasteiger partial charge in [0.15, 0.2) is 0 Å². The molecule has 0 saturated carbocycles. The van der Waals surface area contributed by atoms with Gasteiger partial charge in [-0.25, -0.2) is 4.98 Å². The number of amidine groups is 1. The molecule has 0 aliphatic carbocycles. The fourth-order valence-corrected chi connectivity index (χ4v) is 1.81. The van der Waals surface area contributed by atoms with Crippen LogP contribution in [0.5, 0.6) is 0 Å². The van der Waals surface area contributed by atoms with Gasteiger partial charge in [0.05, 0.1) is 18.3 Å². The Bertz CT molecular complexity index is 423. The van der Waals surface area contributed by atoms with Crippen molar-refractivity contribution in [1.29, 1.82) is 5.41 Å². The highest BCUT2D eigenvalue weighted by molar-refractivity contribution is 6.00. The van der Waals surface area contributed by atoms with E-state index in [1.165, 1.54) is 7.11 Å². The summed E-state index contributed by atoms with van der Waals surface area (Å²) in [6, 6.07) is 1.81. The molecule has 0 aromatic carbocycles. The number of pyridine rings is 1. The van der Waals surface area contributed by atoms with Gasteiger partial charge in [-0.15, -0.1) is 0 Å². The molecule has 1 rings (SSSR count). The third kappa shape index (κ3) is 3.41. The molecule has 6 nitrogen and oxygen atoms in total. The molecule has 1 aromatic rings. The van der Waals surface area contributed by atoms with E-state index in [1.54, 1.807) is 24.2 Å². The van der Waals surface area contributed by atoms with Crippen molar-refractivity contribution in [2.24, 2.45) is 5.73 Å². The fourth-order valence-electron chi connectivity index (χ4n) is 1.81. The molecule has 0 bridgehead atoms. The van der Waals surface area contributed by atoms with Gasteiger partial charge in [-0.3, -0.25) is 5.41 Å². The number of aliphatic hydroxyl groups is 1. The first-order valence-corrected chi connectivity index (χ1v) is 5.65. The number of anilines is 1. The summed E-state index contributed by atoms with van der Waals surface area (Å²) in [5.41, 5.74) is 7.06. The minimum absolute atomic E-state index is 0.0244. The number of aryl methyl sites for hydroxylation is 1. The van der Waals surface area contributed by atoms with E-state index in [0.29, 0.717) is 17.9 Å². The average Bonchev–Trinajstić information content (AvgIpc) is 2.28. The second-order valence-corrected chi connectivity index (χ2v) is 4.23. The van der Waals surface area contributed by atoms with Crippen LogP contribution in [-0.2, 0) is 4.74 Å². The van der Waals surface area contributed by atoms with Crippen LogP contribution < -0.4 is 10.6 Å². The normalized spacial score (nSPS) is 12.2. The lowest BCUT2D eigenvalue weighted by Crippen LogP contribution is -2.34. The molecule has 0 saturated heterocycles. The minimum atomic E-state index is -0.609. The molecule has 0 spiro atoms. The van der Waals surface area contributed by atoms with Crippen molar-refractivity contribution in [3.8, 4) is 0 Å². The molecular weight excluding hydrogens is 232 g/mol. The van der Waals surface area contributed by atoms with Crippen LogP contribution in [0.25, 0.3) is 0 Å². The van der Waals surface area contributed by atoms with E-state index in [2.05, 4.69) is 4.98 Å². The van der Waals surface area contributed by atoms with Crippen LogP contribution in [0.1, 0.15) is 11.1 Å². The van der Waals surface area contributed by atoms with E-state index >= 15 is 0 Å². The highest BCUT2D eigenvalue weighted by Crippen LogP contribution is 2.19. The molecule has 18 heavy (non-hydrogen) atoms. The van der Waals surface area contributed by atoms with Crippen LogP contribution in [0, 0.1) is 12.3 Å². The van der Waals surface area contributed by atoms with Crippen molar-refractivity contribution in [2.45, 2.75) is 13.0 Å². The number of hydrogen-bond acceptors (Lipinski definition) is 5. The van der Waals surface area contributed by atoms with Gasteiger partial charge in [0, 0.05) is 26.9 Å². The number of aromatic nitrogens is 1. The Kier molecular flexibility index (Phi) is 5.06. The molecule has 1 unspecified atom stereocenters. The number of methoxy groups -OCH3 is 1. The molecule has 1 aromatic heterocycles. The van der Waals surface area contributed by atoms with E-state index in [9.17, 15) is 5.11 Å². The van der Waals surface area contributed by atoms with Gasteiger partial charge in [0.25, 0.3) is 0 Å². The smallest absolute Gasteiger partial charge is 0.139 e. The lowest BCUT2D eigenvalue weighted by Gasteiger charge is -2.24. The van der Waals surface area contributed by atoms with Crippen molar-refractivity contribution >= 4 is 11.7 Å². The van der Waals surface area contributed by atoms with Crippen molar-refractivity contribution in [3.05, 3.63) is 23.4 Å². The van der Waals surface area contributed by atoms with Crippen molar-refractivity contribution in [1.82, 2.24) is 4.98 Å². The summed E-state index contributed by atoms with van der Waals surface area (Å²) >= 11 is 0. The molecule has 1 atom stereocenters. The number of likely N-dealkylation sites (N-methyl/N-ethyl adjacent to an activating group) is 1. The van der Waals surface area contributed by atoms with Gasteiger partial charge >= 0.3 is 0 Å². The Morgan fingerprint density at radius 2 is 2.33 bits per heavy atom. The van der Waals surface area contributed by atoms with Gasteiger partial charge in [-0.1, -0.05) is 0 Å². The van der Waals surface area contributed by atoms with Gasteiger partial charge in [0.2, 0.25) is 0 Å². The summed E-state index contributed by atoms with van der Waals surface area (Å²) in [5, 5.41) is 17.3. The second-order valence-electron chi connectivity index (χ2n) is 4.23. The molecule has 0 radical (unpaired) electrons. The molecule has 0 aliphatic rings. The van der Waals surface area contributed by atoms with Crippen molar-refractivity contribution in [2.75, 3.05) is 32.2 Å². The summed E-state index contributed by atoms with van der Waals surface area (Å²) in [7, 11) is 3.34. The Hall–Kier alpha value is -1.66. The largest absolute Gasteiger partial charge is 0.389 e. The van der Waals surface area contributed by atoms with E-state index in [0.717, 1.165) is 5.56 Å². The summed E-state index contributed by atoms with van der Waals surface area (Å²) in [4.78, 5) is 6.00. The van der Waals surface area contributed by atoms with Crippen LogP contribution >= 0.6 is 0 Å².